The Balaban J connectivity index is 3.50. The monoisotopic (exact) mass is 145 g/mol. The average molecular weight is 145 g/mol. The molecule has 0 aliphatic heterocycles. The van der Waals surface area contributed by atoms with E-state index in [1.165, 1.54) is 0 Å². The molecule has 0 bridgehead atoms. The summed E-state index contributed by atoms with van der Waals surface area (Å²) in [6.07, 6.45) is 0. The van der Waals surface area contributed by atoms with E-state index >= 15 is 0 Å². The summed E-state index contributed by atoms with van der Waals surface area (Å²) in [5, 5.41) is 2.10. The van der Waals surface area contributed by atoms with Gasteiger partial charge >= 0.3 is 0 Å². The minimum absolute atomic E-state index is 0.556. The minimum Gasteiger partial charge on any atom is -0.308 e. The van der Waals surface area contributed by atoms with Crippen molar-refractivity contribution >= 4 is 0 Å². The number of nitrogens with zero attached hydrogens (tertiary/aromatic N) is 2. The van der Waals surface area contributed by atoms with Gasteiger partial charge in [0.2, 0.25) is 0 Å². The van der Waals surface area contributed by atoms with E-state index in [4.69, 9.17) is 0 Å². The van der Waals surface area contributed by atoms with E-state index < -0.39 is 0 Å². The van der Waals surface area contributed by atoms with E-state index in [0.717, 1.165) is 6.54 Å². The Kier molecular flexibility index (Phi) is 4.60. The smallest absolute Gasteiger partial charge is 0.0339 e. The molecule has 1 atom stereocenters. The first kappa shape index (κ1) is 9.88. The molecule has 0 aliphatic carbocycles. The van der Waals surface area contributed by atoms with Gasteiger partial charge in [0.15, 0.2) is 0 Å². The molecule has 3 nitrogen and oxygen atoms in total. The topological polar surface area (TPSA) is 18.5 Å². The second-order valence-electron chi connectivity index (χ2n) is 2.95. The molecule has 0 aromatic heterocycles. The number of hydrazine groups is 1. The van der Waals surface area contributed by atoms with Crippen LogP contribution in [0, 0.1) is 0 Å². The molecular weight excluding hydrogens is 126 g/mol. The molecule has 0 heterocycles. The molecule has 3 heteroatoms. The first-order valence-corrected chi connectivity index (χ1v) is 3.63. The number of hydrogen-bond acceptors (Lipinski definition) is 3. The summed E-state index contributed by atoms with van der Waals surface area (Å²) in [6, 6.07) is 0.556. The molecule has 0 saturated heterocycles. The van der Waals surface area contributed by atoms with Gasteiger partial charge in [0.25, 0.3) is 0 Å². The normalized spacial score (nSPS) is 14.7. The molecule has 0 aromatic rings. The van der Waals surface area contributed by atoms with Crippen LogP contribution in [0.1, 0.15) is 6.92 Å². The van der Waals surface area contributed by atoms with Crippen molar-refractivity contribution in [3.63, 3.8) is 0 Å². The highest BCUT2D eigenvalue weighted by Crippen LogP contribution is 1.91. The highest BCUT2D eigenvalue weighted by Gasteiger charge is 2.06. The Bertz CT molecular complexity index is 82.9. The van der Waals surface area contributed by atoms with Crippen LogP contribution in [0.2, 0.25) is 0 Å². The lowest BCUT2D eigenvalue weighted by atomic mass is 10.3. The van der Waals surface area contributed by atoms with Crippen LogP contribution in [0.15, 0.2) is 0 Å². The summed E-state index contributed by atoms with van der Waals surface area (Å²) >= 11 is 0. The first-order chi connectivity index (χ1) is 4.57. The maximum Gasteiger partial charge on any atom is 0.0339 e. The van der Waals surface area contributed by atoms with Crippen LogP contribution in [0.3, 0.4) is 0 Å². The van der Waals surface area contributed by atoms with Crippen molar-refractivity contribution in [2.24, 2.45) is 0 Å². The number of likely N-dealkylation sites (N-methyl/N-ethyl adjacent to an activating group) is 2. The summed E-state index contributed by atoms with van der Waals surface area (Å²) in [5.74, 6) is 0. The predicted molar refractivity (Wildman–Crippen MR) is 44.8 cm³/mol. The van der Waals surface area contributed by atoms with Crippen LogP contribution >= 0.6 is 0 Å². The van der Waals surface area contributed by atoms with E-state index in [-0.39, 0.29) is 0 Å². The van der Waals surface area contributed by atoms with Gasteiger partial charge in [0, 0.05) is 19.6 Å². The maximum absolute atomic E-state index is 3.08. The fraction of sp³-hybridized carbons (Fsp3) is 1.00. The molecule has 0 rings (SSSR count). The molecule has 0 saturated carbocycles. The zero-order valence-corrected chi connectivity index (χ0v) is 7.68. The van der Waals surface area contributed by atoms with Gasteiger partial charge in [0.1, 0.15) is 0 Å². The van der Waals surface area contributed by atoms with Gasteiger partial charge in [-0.1, -0.05) is 0 Å². The Labute approximate surface area is 64.0 Å². The van der Waals surface area contributed by atoms with E-state index in [9.17, 15) is 0 Å². The quantitative estimate of drug-likeness (QED) is 0.562. The zero-order chi connectivity index (χ0) is 8.15. The Morgan fingerprint density at radius 2 is 1.80 bits per heavy atom. The van der Waals surface area contributed by atoms with E-state index in [0.29, 0.717) is 6.04 Å². The van der Waals surface area contributed by atoms with E-state index in [2.05, 4.69) is 36.4 Å². The van der Waals surface area contributed by atoms with Crippen molar-refractivity contribution in [2.75, 3.05) is 34.7 Å². The minimum atomic E-state index is 0.556. The average Bonchev–Trinajstić information content (AvgIpc) is 1.85. The third-order valence-electron chi connectivity index (χ3n) is 1.64. The lowest BCUT2D eigenvalue weighted by Crippen LogP contribution is -2.43. The summed E-state index contributed by atoms with van der Waals surface area (Å²) in [4.78, 5) is 2.18. The highest BCUT2D eigenvalue weighted by atomic mass is 15.5. The molecule has 62 valence electrons. The van der Waals surface area contributed by atoms with Gasteiger partial charge in [-0.15, -0.1) is 0 Å². The van der Waals surface area contributed by atoms with Crippen LogP contribution in [-0.2, 0) is 0 Å². The maximum atomic E-state index is 3.08. The lowest BCUT2D eigenvalue weighted by molar-refractivity contribution is 0.161. The van der Waals surface area contributed by atoms with Crippen LogP contribution in [0.5, 0.6) is 0 Å². The van der Waals surface area contributed by atoms with Crippen molar-refractivity contribution in [1.29, 1.82) is 0 Å². The molecule has 0 amide bonds. The number of hydrogen-bond donors (Lipinski definition) is 1. The number of rotatable bonds is 4. The molecule has 0 spiro atoms. The summed E-state index contributed by atoms with van der Waals surface area (Å²) < 4.78 is 0. The highest BCUT2D eigenvalue weighted by molar-refractivity contribution is 4.60. The molecule has 10 heavy (non-hydrogen) atoms. The van der Waals surface area contributed by atoms with Gasteiger partial charge in [-0.2, -0.15) is 0 Å². The van der Waals surface area contributed by atoms with Crippen LogP contribution in [0.25, 0.3) is 0 Å². The fourth-order valence-corrected chi connectivity index (χ4v) is 0.871. The van der Waals surface area contributed by atoms with Gasteiger partial charge in [-0.3, -0.25) is 5.43 Å². The zero-order valence-electron chi connectivity index (χ0n) is 7.68. The second-order valence-corrected chi connectivity index (χ2v) is 2.95. The summed E-state index contributed by atoms with van der Waals surface area (Å²) in [7, 11) is 8.15. The van der Waals surface area contributed by atoms with Gasteiger partial charge in [0.05, 0.1) is 0 Å². The molecule has 0 aromatic carbocycles. The fourth-order valence-electron chi connectivity index (χ4n) is 0.871. The Hall–Kier alpha value is -0.120. The molecule has 0 fully saturated rings. The van der Waals surface area contributed by atoms with Crippen LogP contribution in [-0.4, -0.2) is 50.7 Å². The standard InChI is InChI=1S/C7H19N3/c1-7(6-9(3)4)10(5)8-2/h7-8H,6H2,1-5H3. The molecule has 1 N–H and O–H groups in total. The molecular formula is C7H19N3. The first-order valence-electron chi connectivity index (χ1n) is 3.63. The van der Waals surface area contributed by atoms with Crippen molar-refractivity contribution < 1.29 is 0 Å². The van der Waals surface area contributed by atoms with E-state index in [1.54, 1.807) is 0 Å². The van der Waals surface area contributed by atoms with Gasteiger partial charge in [-0.05, 0) is 28.1 Å². The third-order valence-corrected chi connectivity index (χ3v) is 1.64. The lowest BCUT2D eigenvalue weighted by Gasteiger charge is -2.25. The molecule has 0 aliphatic rings. The van der Waals surface area contributed by atoms with Crippen molar-refractivity contribution in [3.8, 4) is 0 Å². The van der Waals surface area contributed by atoms with Crippen molar-refractivity contribution in [3.05, 3.63) is 0 Å². The van der Waals surface area contributed by atoms with Crippen LogP contribution in [0.4, 0.5) is 0 Å². The van der Waals surface area contributed by atoms with Crippen molar-refractivity contribution in [2.45, 2.75) is 13.0 Å². The summed E-state index contributed by atoms with van der Waals surface area (Å²) in [6.45, 7) is 3.27. The Morgan fingerprint density at radius 1 is 1.30 bits per heavy atom. The molecule has 1 unspecified atom stereocenters. The number of nitrogens with one attached hydrogen (secondary N) is 1. The second kappa shape index (κ2) is 4.66. The predicted octanol–water partition coefficient (Wildman–Crippen LogP) is 0.00270. The van der Waals surface area contributed by atoms with Crippen molar-refractivity contribution in [1.82, 2.24) is 15.3 Å². The SMILES string of the molecule is CNN(C)C(C)CN(C)C. The van der Waals surface area contributed by atoms with E-state index in [1.807, 2.05) is 14.1 Å². The third kappa shape index (κ3) is 3.82. The Morgan fingerprint density at radius 3 is 2.10 bits per heavy atom. The van der Waals surface area contributed by atoms with Gasteiger partial charge < -0.3 is 4.90 Å². The van der Waals surface area contributed by atoms with Crippen LogP contribution < -0.4 is 5.43 Å². The largest absolute Gasteiger partial charge is 0.308 e. The summed E-state index contributed by atoms with van der Waals surface area (Å²) in [5.41, 5.74) is 3.08. The molecule has 0 radical (unpaired) electrons. The van der Waals surface area contributed by atoms with Gasteiger partial charge in [-0.25, -0.2) is 5.01 Å².